The van der Waals surface area contributed by atoms with Crippen molar-refractivity contribution in [2.24, 2.45) is 5.73 Å². The van der Waals surface area contributed by atoms with Gasteiger partial charge in [-0.1, -0.05) is 12.1 Å². The fourth-order valence-corrected chi connectivity index (χ4v) is 4.81. The summed E-state index contributed by atoms with van der Waals surface area (Å²) in [4.78, 5) is 29.6. The molecule has 0 saturated carbocycles. The van der Waals surface area contributed by atoms with Gasteiger partial charge in [0.2, 0.25) is 5.91 Å². The summed E-state index contributed by atoms with van der Waals surface area (Å²) in [6, 6.07) is 13.4. The van der Waals surface area contributed by atoms with Crippen molar-refractivity contribution >= 4 is 22.7 Å². The molecule has 5 aromatic rings. The van der Waals surface area contributed by atoms with Crippen LogP contribution in [0.15, 0.2) is 73.1 Å². The molecule has 3 aromatic carbocycles. The van der Waals surface area contributed by atoms with E-state index < -0.39 is 35.3 Å². The zero-order chi connectivity index (χ0) is 29.3. The minimum atomic E-state index is -0.938. The first kappa shape index (κ1) is 27.6. The predicted molar refractivity (Wildman–Crippen MR) is 148 cm³/mol. The Balaban J connectivity index is 1.51. The van der Waals surface area contributed by atoms with Crippen LogP contribution in [0.1, 0.15) is 38.8 Å². The first-order valence-corrected chi connectivity index (χ1v) is 12.8. The molecule has 208 valence electrons. The molecule has 0 aliphatic carbocycles. The van der Waals surface area contributed by atoms with E-state index in [1.807, 2.05) is 26.0 Å². The SMILES string of the molecule is Cc1cc2cn(CC(=O)N[C@@H](Cc3cc(F)cc(F)c3)c3ncccc3-c3ccc(F)c(C(N)=O)c3)nc2cc1C. The van der Waals surface area contributed by atoms with Crippen molar-refractivity contribution in [2.75, 3.05) is 0 Å². The van der Waals surface area contributed by atoms with Crippen molar-refractivity contribution in [3.63, 3.8) is 0 Å². The molecule has 3 N–H and O–H groups in total. The summed E-state index contributed by atoms with van der Waals surface area (Å²) in [6.07, 6.45) is 3.27. The summed E-state index contributed by atoms with van der Waals surface area (Å²) in [5.74, 6) is -3.65. The van der Waals surface area contributed by atoms with Gasteiger partial charge in [0.15, 0.2) is 0 Å². The highest BCUT2D eigenvalue weighted by Gasteiger charge is 2.23. The molecule has 0 spiro atoms. The van der Waals surface area contributed by atoms with Gasteiger partial charge in [-0.05, 0) is 85.0 Å². The number of rotatable bonds is 8. The Labute approximate surface area is 233 Å². The summed E-state index contributed by atoms with van der Waals surface area (Å²) >= 11 is 0. The van der Waals surface area contributed by atoms with E-state index in [9.17, 15) is 22.8 Å². The number of benzene rings is 3. The Hall–Kier alpha value is -4.99. The molecule has 10 heteroatoms. The van der Waals surface area contributed by atoms with Gasteiger partial charge in [0.25, 0.3) is 5.91 Å². The van der Waals surface area contributed by atoms with Gasteiger partial charge in [-0.25, -0.2) is 13.2 Å². The van der Waals surface area contributed by atoms with Gasteiger partial charge in [0.1, 0.15) is 24.0 Å². The molecule has 0 fully saturated rings. The van der Waals surface area contributed by atoms with Crippen LogP contribution in [0.3, 0.4) is 0 Å². The number of halogens is 3. The average Bonchev–Trinajstić information content (AvgIpc) is 3.28. The van der Waals surface area contributed by atoms with Gasteiger partial charge in [0.05, 0.1) is 22.8 Å². The molecular formula is C31H26F3N5O2. The molecule has 0 radical (unpaired) electrons. The van der Waals surface area contributed by atoms with E-state index in [2.05, 4.69) is 15.4 Å². The first-order chi connectivity index (χ1) is 19.6. The van der Waals surface area contributed by atoms with Crippen molar-refractivity contribution in [1.29, 1.82) is 0 Å². The number of pyridine rings is 1. The maximum atomic E-state index is 14.2. The second kappa shape index (κ2) is 11.2. The van der Waals surface area contributed by atoms with Crippen molar-refractivity contribution in [3.05, 3.63) is 118 Å². The van der Waals surface area contributed by atoms with Crippen LogP contribution in [0.25, 0.3) is 22.0 Å². The largest absolute Gasteiger partial charge is 0.366 e. The van der Waals surface area contributed by atoms with Crippen LogP contribution in [0.2, 0.25) is 0 Å². The van der Waals surface area contributed by atoms with E-state index in [1.165, 1.54) is 35.1 Å². The lowest BCUT2D eigenvalue weighted by Gasteiger charge is -2.22. The van der Waals surface area contributed by atoms with Gasteiger partial charge < -0.3 is 11.1 Å². The molecule has 1 atom stereocenters. The van der Waals surface area contributed by atoms with Crippen LogP contribution < -0.4 is 11.1 Å². The minimum Gasteiger partial charge on any atom is -0.366 e. The Morgan fingerprint density at radius 3 is 2.44 bits per heavy atom. The lowest BCUT2D eigenvalue weighted by molar-refractivity contribution is -0.122. The molecule has 2 aromatic heterocycles. The Bertz CT molecular complexity index is 1740. The summed E-state index contributed by atoms with van der Waals surface area (Å²) in [7, 11) is 0. The lowest BCUT2D eigenvalue weighted by Crippen LogP contribution is -2.33. The standard InChI is InChI=1S/C31H26F3N5O2/c1-17-8-21-15-39(38-27(21)9-18(17)2)16-29(40)37-28(12-19-10-22(32)14-23(33)11-19)30-24(4-3-7-36-30)20-5-6-26(34)25(13-20)31(35)41/h3-11,13-15,28H,12,16H2,1-2H3,(H2,35,41)(H,37,40)/t28-/m0/s1. The minimum absolute atomic E-state index is 0.00617. The van der Waals surface area contributed by atoms with Crippen molar-refractivity contribution in [3.8, 4) is 11.1 Å². The Kier molecular flexibility index (Phi) is 7.56. The van der Waals surface area contributed by atoms with E-state index in [1.54, 1.807) is 18.3 Å². The third-order valence-corrected chi connectivity index (χ3v) is 6.88. The number of hydrogen-bond acceptors (Lipinski definition) is 4. The first-order valence-electron chi connectivity index (χ1n) is 12.8. The van der Waals surface area contributed by atoms with Gasteiger partial charge >= 0.3 is 0 Å². The number of aryl methyl sites for hydroxylation is 2. The number of carbonyl (C=O) groups is 2. The number of carbonyl (C=O) groups excluding carboxylic acids is 2. The molecule has 0 aliphatic heterocycles. The summed E-state index contributed by atoms with van der Waals surface area (Å²) < 4.78 is 43.8. The number of nitrogens with two attached hydrogens (primary N) is 1. The molecular weight excluding hydrogens is 531 g/mol. The van der Waals surface area contributed by atoms with Crippen LogP contribution >= 0.6 is 0 Å². The van der Waals surface area contributed by atoms with E-state index in [4.69, 9.17) is 5.73 Å². The second-order valence-electron chi connectivity index (χ2n) is 9.92. The van der Waals surface area contributed by atoms with Crippen LogP contribution in [0.4, 0.5) is 13.2 Å². The molecule has 0 aliphatic rings. The third kappa shape index (κ3) is 6.11. The number of hydrogen-bond donors (Lipinski definition) is 2. The number of nitrogens with zero attached hydrogens (tertiary/aromatic N) is 3. The predicted octanol–water partition coefficient (Wildman–Crippen LogP) is 5.33. The highest BCUT2D eigenvalue weighted by atomic mass is 19.1. The number of amides is 2. The van der Waals surface area contributed by atoms with Gasteiger partial charge in [-0.2, -0.15) is 5.10 Å². The molecule has 0 unspecified atom stereocenters. The lowest BCUT2D eigenvalue weighted by atomic mass is 9.94. The maximum absolute atomic E-state index is 14.2. The maximum Gasteiger partial charge on any atom is 0.251 e. The topological polar surface area (TPSA) is 103 Å². The Morgan fingerprint density at radius 1 is 0.976 bits per heavy atom. The molecule has 5 rings (SSSR count). The summed E-state index contributed by atoms with van der Waals surface area (Å²) in [5, 5.41) is 8.32. The molecule has 7 nitrogen and oxygen atoms in total. The molecule has 41 heavy (non-hydrogen) atoms. The smallest absolute Gasteiger partial charge is 0.251 e. The summed E-state index contributed by atoms with van der Waals surface area (Å²) in [6.45, 7) is 3.86. The van der Waals surface area contributed by atoms with E-state index in [0.717, 1.165) is 34.2 Å². The molecule has 0 saturated heterocycles. The average molecular weight is 558 g/mol. The highest BCUT2D eigenvalue weighted by molar-refractivity contribution is 5.94. The van der Waals surface area contributed by atoms with Gasteiger partial charge in [0, 0.05) is 29.4 Å². The second-order valence-corrected chi connectivity index (χ2v) is 9.92. The quantitative estimate of drug-likeness (QED) is 0.269. The molecule has 2 heterocycles. The normalized spacial score (nSPS) is 11.9. The van der Waals surface area contributed by atoms with Gasteiger partial charge in [-0.3, -0.25) is 19.3 Å². The van der Waals surface area contributed by atoms with Crippen LogP contribution in [-0.2, 0) is 17.8 Å². The number of fused-ring (bicyclic) bond motifs is 1. The highest BCUT2D eigenvalue weighted by Crippen LogP contribution is 2.30. The van der Waals surface area contributed by atoms with E-state index >= 15 is 0 Å². The third-order valence-electron chi connectivity index (χ3n) is 6.88. The summed E-state index contributed by atoms with van der Waals surface area (Å²) in [5.41, 5.74) is 9.52. The van der Waals surface area contributed by atoms with Crippen molar-refractivity contribution < 1.29 is 22.8 Å². The fourth-order valence-electron chi connectivity index (χ4n) is 4.81. The zero-order valence-corrected chi connectivity index (χ0v) is 22.3. The number of primary amides is 1. The number of nitrogens with one attached hydrogen (secondary N) is 1. The van der Waals surface area contributed by atoms with Crippen LogP contribution in [0, 0.1) is 31.3 Å². The monoisotopic (exact) mass is 557 g/mol. The van der Waals surface area contributed by atoms with E-state index in [0.29, 0.717) is 16.8 Å². The van der Waals surface area contributed by atoms with E-state index in [-0.39, 0.29) is 24.1 Å². The van der Waals surface area contributed by atoms with Crippen molar-refractivity contribution in [1.82, 2.24) is 20.1 Å². The van der Waals surface area contributed by atoms with Gasteiger partial charge in [-0.15, -0.1) is 0 Å². The van der Waals surface area contributed by atoms with Crippen molar-refractivity contribution in [2.45, 2.75) is 32.9 Å². The number of aromatic nitrogens is 3. The molecule has 0 bridgehead atoms. The van der Waals surface area contributed by atoms with Crippen LogP contribution in [-0.4, -0.2) is 26.6 Å². The zero-order valence-electron chi connectivity index (χ0n) is 22.3. The van der Waals surface area contributed by atoms with Crippen LogP contribution in [0.5, 0.6) is 0 Å². The molecule has 2 amide bonds. The Morgan fingerprint density at radius 2 is 1.71 bits per heavy atom. The fraction of sp³-hybridized carbons (Fsp3) is 0.161.